The second-order valence-electron chi connectivity index (χ2n) is 5.84. The zero-order chi connectivity index (χ0) is 17.7. The fraction of sp³-hybridized carbons (Fsp3) is 0.500. The van der Waals surface area contributed by atoms with E-state index in [-0.39, 0.29) is 18.1 Å². The molecule has 1 fully saturated rings. The molecule has 1 aromatic carbocycles. The molecule has 1 saturated heterocycles. The number of hydrogen-bond donors (Lipinski definition) is 1. The van der Waals surface area contributed by atoms with Gasteiger partial charge in [-0.1, -0.05) is 18.2 Å². The van der Waals surface area contributed by atoms with Gasteiger partial charge in [0.25, 0.3) is 5.91 Å². The van der Waals surface area contributed by atoms with E-state index in [2.05, 4.69) is 5.32 Å². The number of carbonyl (C=O) groups excluding carboxylic acids is 2. The summed E-state index contributed by atoms with van der Waals surface area (Å²) in [6.07, 6.45) is 0.387. The van der Waals surface area contributed by atoms with E-state index in [1.54, 1.807) is 0 Å². The zero-order valence-corrected chi connectivity index (χ0v) is 14.5. The van der Waals surface area contributed by atoms with E-state index in [0.29, 0.717) is 12.2 Å². The van der Waals surface area contributed by atoms with Crippen LogP contribution in [-0.2, 0) is 24.2 Å². The maximum Gasteiger partial charge on any atom is 0.344 e. The van der Waals surface area contributed by atoms with Crippen molar-refractivity contribution in [3.05, 3.63) is 29.3 Å². The summed E-state index contributed by atoms with van der Waals surface area (Å²) in [6.45, 7) is 3.00. The van der Waals surface area contributed by atoms with Crippen molar-refractivity contribution in [2.75, 3.05) is 24.7 Å². The number of sulfone groups is 1. The Morgan fingerprint density at radius 3 is 2.46 bits per heavy atom. The first kappa shape index (κ1) is 18.3. The first-order valence-corrected chi connectivity index (χ1v) is 9.43. The predicted molar refractivity (Wildman–Crippen MR) is 87.6 cm³/mol. The molecule has 1 N–H and O–H groups in total. The van der Waals surface area contributed by atoms with Gasteiger partial charge in [-0.3, -0.25) is 4.79 Å². The molecule has 1 aliphatic rings. The molecule has 7 nitrogen and oxygen atoms in total. The first-order chi connectivity index (χ1) is 11.3. The van der Waals surface area contributed by atoms with Crippen LogP contribution in [0.3, 0.4) is 0 Å². The van der Waals surface area contributed by atoms with Gasteiger partial charge in [0.1, 0.15) is 5.75 Å². The van der Waals surface area contributed by atoms with Crippen molar-refractivity contribution in [2.24, 2.45) is 0 Å². The number of carbonyl (C=O) groups is 2. The normalized spacial score (nSPS) is 18.8. The highest BCUT2D eigenvalue weighted by Crippen LogP contribution is 2.22. The van der Waals surface area contributed by atoms with Crippen molar-refractivity contribution >= 4 is 21.7 Å². The summed E-state index contributed by atoms with van der Waals surface area (Å²) < 4.78 is 32.9. The third-order valence-corrected chi connectivity index (χ3v) is 5.47. The molecule has 1 amide bonds. The van der Waals surface area contributed by atoms with Crippen LogP contribution in [0.15, 0.2) is 18.2 Å². The number of amides is 1. The molecule has 1 atom stereocenters. The topological polar surface area (TPSA) is 98.8 Å². The van der Waals surface area contributed by atoms with E-state index in [9.17, 15) is 18.0 Å². The second-order valence-corrected chi connectivity index (χ2v) is 8.07. The molecule has 132 valence electrons. The van der Waals surface area contributed by atoms with Gasteiger partial charge >= 0.3 is 5.97 Å². The molecule has 0 radical (unpaired) electrons. The first-order valence-electron chi connectivity index (χ1n) is 7.61. The molecule has 0 bridgehead atoms. The van der Waals surface area contributed by atoms with E-state index in [0.717, 1.165) is 11.1 Å². The molecule has 2 rings (SSSR count). The second kappa shape index (κ2) is 7.65. The number of ether oxygens (including phenoxy) is 2. The highest BCUT2D eigenvalue weighted by Gasteiger charge is 2.29. The minimum absolute atomic E-state index is 0.0671. The highest BCUT2D eigenvalue weighted by atomic mass is 32.2. The van der Waals surface area contributed by atoms with Gasteiger partial charge in [-0.25, -0.2) is 13.2 Å². The molecule has 0 unspecified atom stereocenters. The summed E-state index contributed by atoms with van der Waals surface area (Å²) in [4.78, 5) is 23.3. The average Bonchev–Trinajstić information content (AvgIpc) is 2.83. The Bertz CT molecular complexity index is 708. The van der Waals surface area contributed by atoms with Crippen LogP contribution in [0.4, 0.5) is 0 Å². The van der Waals surface area contributed by atoms with Crippen LogP contribution < -0.4 is 10.1 Å². The lowest BCUT2D eigenvalue weighted by atomic mass is 10.1. The third kappa shape index (κ3) is 5.23. The standard InChI is InChI=1S/C16H21NO6S/c1-11-4-3-5-12(2)16(11)23-9-15(19)22-8-14(18)17-13-6-7-24(20,21)10-13/h3-5,13H,6-10H2,1-2H3,(H,17,18)/t13-/m0/s1. The number of rotatable bonds is 6. The molecule has 1 heterocycles. The summed E-state index contributed by atoms with van der Waals surface area (Å²) >= 11 is 0. The summed E-state index contributed by atoms with van der Waals surface area (Å²) in [5.74, 6) is -0.552. The van der Waals surface area contributed by atoms with E-state index < -0.39 is 34.4 Å². The fourth-order valence-electron chi connectivity index (χ4n) is 2.52. The number of hydrogen-bond acceptors (Lipinski definition) is 6. The molecule has 8 heteroatoms. The van der Waals surface area contributed by atoms with E-state index in [1.165, 1.54) is 0 Å². The van der Waals surface area contributed by atoms with Gasteiger partial charge < -0.3 is 14.8 Å². The molecule has 1 aliphatic heterocycles. The summed E-state index contributed by atoms with van der Waals surface area (Å²) in [6, 6.07) is 5.23. The fourth-order valence-corrected chi connectivity index (χ4v) is 4.20. The molecular weight excluding hydrogens is 334 g/mol. The van der Waals surface area contributed by atoms with Gasteiger partial charge in [-0.15, -0.1) is 0 Å². The summed E-state index contributed by atoms with van der Waals surface area (Å²) in [5, 5.41) is 2.55. The van der Waals surface area contributed by atoms with Crippen molar-refractivity contribution in [2.45, 2.75) is 26.3 Å². The Kier molecular flexibility index (Phi) is 5.82. The minimum Gasteiger partial charge on any atom is -0.481 e. The van der Waals surface area contributed by atoms with Crippen molar-refractivity contribution in [1.29, 1.82) is 0 Å². The van der Waals surface area contributed by atoms with Gasteiger partial charge in [0.05, 0.1) is 11.5 Å². The molecule has 0 aromatic heterocycles. The highest BCUT2D eigenvalue weighted by molar-refractivity contribution is 7.91. The molecule has 0 aliphatic carbocycles. The third-order valence-electron chi connectivity index (χ3n) is 3.70. The molecular formula is C16H21NO6S. The lowest BCUT2D eigenvalue weighted by molar-refractivity contribution is -0.150. The van der Waals surface area contributed by atoms with Crippen LogP contribution in [-0.4, -0.2) is 51.1 Å². The van der Waals surface area contributed by atoms with E-state index in [1.807, 2.05) is 32.0 Å². The van der Waals surface area contributed by atoms with Crippen molar-refractivity contribution in [3.8, 4) is 5.75 Å². The van der Waals surface area contributed by atoms with Crippen LogP contribution in [0, 0.1) is 13.8 Å². The quantitative estimate of drug-likeness (QED) is 0.748. The summed E-state index contributed by atoms with van der Waals surface area (Å²) in [5.41, 5.74) is 1.81. The SMILES string of the molecule is Cc1cccc(C)c1OCC(=O)OCC(=O)N[C@H]1CCS(=O)(=O)C1. The number of para-hydroxylation sites is 1. The van der Waals surface area contributed by atoms with Gasteiger partial charge in [0.2, 0.25) is 0 Å². The van der Waals surface area contributed by atoms with Crippen molar-refractivity contribution < 1.29 is 27.5 Å². The molecule has 24 heavy (non-hydrogen) atoms. The number of benzene rings is 1. The Labute approximate surface area is 141 Å². The van der Waals surface area contributed by atoms with Crippen LogP contribution in [0.1, 0.15) is 17.5 Å². The zero-order valence-electron chi connectivity index (χ0n) is 13.7. The maximum atomic E-state index is 11.7. The Morgan fingerprint density at radius 1 is 1.21 bits per heavy atom. The Hall–Kier alpha value is -2.09. The largest absolute Gasteiger partial charge is 0.481 e. The smallest absolute Gasteiger partial charge is 0.344 e. The lowest BCUT2D eigenvalue weighted by Crippen LogP contribution is -2.38. The monoisotopic (exact) mass is 355 g/mol. The Balaban J connectivity index is 1.72. The number of nitrogens with one attached hydrogen (secondary N) is 1. The van der Waals surface area contributed by atoms with E-state index >= 15 is 0 Å². The number of aryl methyl sites for hydroxylation is 2. The van der Waals surface area contributed by atoms with Gasteiger partial charge in [-0.05, 0) is 31.4 Å². The van der Waals surface area contributed by atoms with Crippen molar-refractivity contribution in [1.82, 2.24) is 5.32 Å². The van der Waals surface area contributed by atoms with Crippen LogP contribution in [0.5, 0.6) is 5.75 Å². The predicted octanol–water partition coefficient (Wildman–Crippen LogP) is 0.529. The van der Waals surface area contributed by atoms with Gasteiger partial charge in [0, 0.05) is 6.04 Å². The minimum atomic E-state index is -3.06. The molecule has 0 saturated carbocycles. The Morgan fingerprint density at radius 2 is 1.88 bits per heavy atom. The molecule has 1 aromatic rings. The lowest BCUT2D eigenvalue weighted by Gasteiger charge is -2.13. The molecule has 0 spiro atoms. The van der Waals surface area contributed by atoms with Crippen LogP contribution in [0.2, 0.25) is 0 Å². The van der Waals surface area contributed by atoms with E-state index in [4.69, 9.17) is 9.47 Å². The van der Waals surface area contributed by atoms with Crippen LogP contribution in [0.25, 0.3) is 0 Å². The average molecular weight is 355 g/mol. The maximum absolute atomic E-state index is 11.7. The van der Waals surface area contributed by atoms with Crippen LogP contribution >= 0.6 is 0 Å². The van der Waals surface area contributed by atoms with Gasteiger partial charge in [0.15, 0.2) is 23.1 Å². The summed E-state index contributed by atoms with van der Waals surface area (Å²) in [7, 11) is -3.06. The van der Waals surface area contributed by atoms with Crippen molar-refractivity contribution in [3.63, 3.8) is 0 Å². The number of esters is 1. The van der Waals surface area contributed by atoms with Gasteiger partial charge in [-0.2, -0.15) is 0 Å².